The van der Waals surface area contributed by atoms with Crippen molar-refractivity contribution in [2.24, 2.45) is 5.92 Å². The van der Waals surface area contributed by atoms with E-state index in [1.54, 1.807) is 0 Å². The number of hydrogen-bond acceptors (Lipinski definition) is 3. The number of hydrogen-bond donors (Lipinski definition) is 0. The van der Waals surface area contributed by atoms with Crippen LogP contribution in [0, 0.1) is 5.92 Å². The maximum Gasteiger partial charge on any atom is 0.0114 e. The predicted molar refractivity (Wildman–Crippen MR) is 94.3 cm³/mol. The SMILES string of the molecule is CC1C(CN2C(C[C@@H]3CC[C@@H](C)N3C)CC[C@H]2C)CCN1C. The molecular formula is C19H37N3. The van der Waals surface area contributed by atoms with Crippen molar-refractivity contribution in [1.82, 2.24) is 14.7 Å². The van der Waals surface area contributed by atoms with E-state index in [-0.39, 0.29) is 0 Å². The molecule has 0 aromatic heterocycles. The summed E-state index contributed by atoms with van der Waals surface area (Å²) in [4.78, 5) is 8.08. The second-order valence-electron chi connectivity index (χ2n) is 8.53. The second kappa shape index (κ2) is 6.78. The largest absolute Gasteiger partial charge is 0.303 e. The maximum atomic E-state index is 2.89. The minimum Gasteiger partial charge on any atom is -0.303 e. The van der Waals surface area contributed by atoms with Crippen LogP contribution < -0.4 is 0 Å². The van der Waals surface area contributed by atoms with E-state index in [1.807, 2.05) is 0 Å². The van der Waals surface area contributed by atoms with Crippen LogP contribution in [0.25, 0.3) is 0 Å². The summed E-state index contributed by atoms with van der Waals surface area (Å²) < 4.78 is 0. The zero-order valence-corrected chi connectivity index (χ0v) is 15.5. The van der Waals surface area contributed by atoms with Crippen LogP contribution in [-0.2, 0) is 0 Å². The Hall–Kier alpha value is -0.120. The van der Waals surface area contributed by atoms with E-state index in [9.17, 15) is 0 Å². The molecule has 0 amide bonds. The van der Waals surface area contributed by atoms with Crippen molar-refractivity contribution in [3.05, 3.63) is 0 Å². The molecule has 128 valence electrons. The molecule has 3 nitrogen and oxygen atoms in total. The van der Waals surface area contributed by atoms with Gasteiger partial charge in [-0.05, 0) is 85.9 Å². The zero-order chi connectivity index (χ0) is 15.9. The Morgan fingerprint density at radius 3 is 2.09 bits per heavy atom. The number of likely N-dealkylation sites (tertiary alicyclic amines) is 3. The van der Waals surface area contributed by atoms with Gasteiger partial charge < -0.3 is 9.80 Å². The van der Waals surface area contributed by atoms with E-state index in [0.29, 0.717) is 0 Å². The van der Waals surface area contributed by atoms with E-state index in [1.165, 1.54) is 51.6 Å². The highest BCUT2D eigenvalue weighted by atomic mass is 15.2. The number of nitrogens with zero attached hydrogens (tertiary/aromatic N) is 3. The molecule has 3 heteroatoms. The summed E-state index contributed by atoms with van der Waals surface area (Å²) in [5, 5.41) is 0. The molecule has 3 rings (SSSR count). The lowest BCUT2D eigenvalue weighted by molar-refractivity contribution is 0.125. The first-order valence-electron chi connectivity index (χ1n) is 9.65. The lowest BCUT2D eigenvalue weighted by atomic mass is 9.98. The van der Waals surface area contributed by atoms with Crippen LogP contribution in [0.5, 0.6) is 0 Å². The fraction of sp³-hybridized carbons (Fsp3) is 1.00. The van der Waals surface area contributed by atoms with Gasteiger partial charge in [-0.25, -0.2) is 0 Å². The van der Waals surface area contributed by atoms with Crippen molar-refractivity contribution in [1.29, 1.82) is 0 Å². The van der Waals surface area contributed by atoms with E-state index in [2.05, 4.69) is 49.6 Å². The molecule has 3 heterocycles. The van der Waals surface area contributed by atoms with Crippen LogP contribution in [0.1, 0.15) is 59.3 Å². The third-order valence-corrected chi connectivity index (χ3v) is 7.36. The van der Waals surface area contributed by atoms with Crippen LogP contribution in [0.15, 0.2) is 0 Å². The molecule has 3 fully saturated rings. The van der Waals surface area contributed by atoms with Crippen molar-refractivity contribution in [3.63, 3.8) is 0 Å². The van der Waals surface area contributed by atoms with Gasteiger partial charge in [-0.2, -0.15) is 0 Å². The van der Waals surface area contributed by atoms with Gasteiger partial charge >= 0.3 is 0 Å². The Labute approximate surface area is 138 Å². The molecule has 0 spiro atoms. The molecule has 0 aromatic carbocycles. The summed E-state index contributed by atoms with van der Waals surface area (Å²) in [7, 11) is 4.64. The van der Waals surface area contributed by atoms with Gasteiger partial charge in [-0.15, -0.1) is 0 Å². The van der Waals surface area contributed by atoms with E-state index >= 15 is 0 Å². The fourth-order valence-corrected chi connectivity index (χ4v) is 5.20. The van der Waals surface area contributed by atoms with Crippen molar-refractivity contribution in [2.75, 3.05) is 27.2 Å². The van der Waals surface area contributed by atoms with E-state index < -0.39 is 0 Å². The van der Waals surface area contributed by atoms with Crippen molar-refractivity contribution in [3.8, 4) is 0 Å². The van der Waals surface area contributed by atoms with Crippen molar-refractivity contribution < 1.29 is 0 Å². The molecule has 0 aliphatic carbocycles. The van der Waals surface area contributed by atoms with E-state index in [4.69, 9.17) is 0 Å². The molecule has 0 bridgehead atoms. The highest BCUT2D eigenvalue weighted by Gasteiger charge is 2.38. The monoisotopic (exact) mass is 307 g/mol. The first-order chi connectivity index (χ1) is 10.5. The van der Waals surface area contributed by atoms with Crippen LogP contribution in [-0.4, -0.2) is 72.1 Å². The van der Waals surface area contributed by atoms with Crippen LogP contribution in [0.3, 0.4) is 0 Å². The van der Waals surface area contributed by atoms with Crippen molar-refractivity contribution >= 4 is 0 Å². The van der Waals surface area contributed by atoms with Crippen LogP contribution >= 0.6 is 0 Å². The molecule has 0 N–H and O–H groups in total. The van der Waals surface area contributed by atoms with Gasteiger partial charge in [0.25, 0.3) is 0 Å². The lowest BCUT2D eigenvalue weighted by Gasteiger charge is -2.35. The van der Waals surface area contributed by atoms with Gasteiger partial charge in [-0.1, -0.05) is 0 Å². The number of rotatable bonds is 4. The Bertz CT molecular complexity index is 372. The third kappa shape index (κ3) is 3.22. The smallest absolute Gasteiger partial charge is 0.0114 e. The van der Waals surface area contributed by atoms with Crippen LogP contribution in [0.2, 0.25) is 0 Å². The summed E-state index contributed by atoms with van der Waals surface area (Å²) in [6, 6.07) is 4.03. The highest BCUT2D eigenvalue weighted by molar-refractivity contribution is 4.94. The average Bonchev–Trinajstić information content (AvgIpc) is 3.10. The van der Waals surface area contributed by atoms with E-state index in [0.717, 1.165) is 36.1 Å². The van der Waals surface area contributed by atoms with Gasteiger partial charge in [0, 0.05) is 36.8 Å². The Morgan fingerprint density at radius 1 is 0.818 bits per heavy atom. The zero-order valence-electron chi connectivity index (χ0n) is 15.5. The lowest BCUT2D eigenvalue weighted by Crippen LogP contribution is -2.43. The van der Waals surface area contributed by atoms with Gasteiger partial charge in [-0.3, -0.25) is 4.90 Å². The molecule has 0 aromatic rings. The third-order valence-electron chi connectivity index (χ3n) is 7.36. The minimum absolute atomic E-state index is 0.766. The van der Waals surface area contributed by atoms with Gasteiger partial charge in [0.05, 0.1) is 0 Å². The summed E-state index contributed by atoms with van der Waals surface area (Å²) in [5.41, 5.74) is 0. The second-order valence-corrected chi connectivity index (χ2v) is 8.53. The summed E-state index contributed by atoms with van der Waals surface area (Å²) in [5.74, 6) is 0.883. The molecule has 0 saturated carbocycles. The van der Waals surface area contributed by atoms with Crippen molar-refractivity contribution in [2.45, 2.75) is 89.5 Å². The maximum absolute atomic E-state index is 2.89. The standard InChI is InChI=1S/C19H37N3/c1-14-6-8-18(21(14)5)12-19-9-7-15(2)22(19)13-17-10-11-20(4)16(17)3/h14-19H,6-13H2,1-5H3/t14-,15-,16?,17?,18+,19?/m1/s1. The fourth-order valence-electron chi connectivity index (χ4n) is 5.20. The topological polar surface area (TPSA) is 9.72 Å². The minimum atomic E-state index is 0.766. The Kier molecular flexibility index (Phi) is 5.16. The molecule has 6 atom stereocenters. The predicted octanol–water partition coefficient (Wildman–Crippen LogP) is 3.05. The molecule has 3 aliphatic rings. The molecular weight excluding hydrogens is 270 g/mol. The summed E-state index contributed by atoms with van der Waals surface area (Å²) >= 11 is 0. The van der Waals surface area contributed by atoms with Gasteiger partial charge in [0.1, 0.15) is 0 Å². The Morgan fingerprint density at radius 2 is 1.50 bits per heavy atom. The van der Waals surface area contributed by atoms with Gasteiger partial charge in [0.15, 0.2) is 0 Å². The molecule has 3 unspecified atom stereocenters. The quantitative estimate of drug-likeness (QED) is 0.790. The summed E-state index contributed by atoms with van der Waals surface area (Å²) in [6.45, 7) is 9.92. The molecule has 3 aliphatic heterocycles. The van der Waals surface area contributed by atoms with Gasteiger partial charge in [0.2, 0.25) is 0 Å². The average molecular weight is 308 g/mol. The highest BCUT2D eigenvalue weighted by Crippen LogP contribution is 2.34. The molecule has 0 radical (unpaired) electrons. The van der Waals surface area contributed by atoms with Crippen LogP contribution in [0.4, 0.5) is 0 Å². The first kappa shape index (κ1) is 16.7. The normalized spacial score (nSPS) is 45.1. The summed E-state index contributed by atoms with van der Waals surface area (Å²) in [6.07, 6.45) is 8.45. The molecule has 3 saturated heterocycles. The first-order valence-corrected chi connectivity index (χ1v) is 9.65. The Balaban J connectivity index is 1.59. The molecule has 22 heavy (non-hydrogen) atoms.